The number of rotatable bonds is 62. The Kier molecular flexibility index (Phi) is 61.0. The average molecular weight is 1180 g/mol. The van der Waals surface area contributed by atoms with Crippen molar-refractivity contribution in [2.75, 3.05) is 40.9 Å². The highest BCUT2D eigenvalue weighted by Crippen LogP contribution is 2.43. The van der Waals surface area contributed by atoms with Crippen molar-refractivity contribution in [1.82, 2.24) is 5.32 Å². The second-order valence-corrected chi connectivity index (χ2v) is 25.6. The van der Waals surface area contributed by atoms with Crippen LogP contribution in [0.5, 0.6) is 0 Å². The van der Waals surface area contributed by atoms with E-state index in [0.717, 1.165) is 89.9 Å². The molecule has 3 unspecified atom stereocenters. The molecule has 0 saturated carbocycles. The van der Waals surface area contributed by atoms with E-state index < -0.39 is 20.0 Å². The Bertz CT molecular complexity index is 1770. The van der Waals surface area contributed by atoms with Crippen LogP contribution in [0.15, 0.2) is 122 Å². The van der Waals surface area contributed by atoms with Crippen LogP contribution in [-0.2, 0) is 18.4 Å². The molecule has 0 aliphatic heterocycles. The molecule has 8 nitrogen and oxygen atoms in total. The van der Waals surface area contributed by atoms with Gasteiger partial charge in [0.25, 0.3) is 0 Å². The fourth-order valence-corrected chi connectivity index (χ4v) is 10.3. The van der Waals surface area contributed by atoms with Crippen LogP contribution in [0.2, 0.25) is 0 Å². The van der Waals surface area contributed by atoms with Crippen molar-refractivity contribution in [2.24, 2.45) is 0 Å². The second kappa shape index (κ2) is 63.4. The largest absolute Gasteiger partial charge is 0.472 e. The first kappa shape index (κ1) is 79.9. The maximum atomic E-state index is 13.0. The number of hydrogen-bond donors (Lipinski definition) is 3. The summed E-state index contributed by atoms with van der Waals surface area (Å²) in [6.45, 7) is 4.69. The van der Waals surface area contributed by atoms with Crippen LogP contribution in [0.1, 0.15) is 290 Å². The van der Waals surface area contributed by atoms with Crippen molar-refractivity contribution in [2.45, 2.75) is 302 Å². The van der Waals surface area contributed by atoms with Crippen molar-refractivity contribution >= 4 is 13.7 Å². The zero-order chi connectivity index (χ0) is 60.5. The summed E-state index contributed by atoms with van der Waals surface area (Å²) in [5.41, 5.74) is 0. The summed E-state index contributed by atoms with van der Waals surface area (Å²) in [4.78, 5) is 23.4. The minimum Gasteiger partial charge on any atom is -0.387 e. The summed E-state index contributed by atoms with van der Waals surface area (Å²) < 4.78 is 23.8. The molecule has 0 bridgehead atoms. The van der Waals surface area contributed by atoms with Crippen LogP contribution in [0.3, 0.4) is 0 Å². The van der Waals surface area contributed by atoms with Crippen LogP contribution in [0.25, 0.3) is 0 Å². The molecule has 0 rings (SSSR count). The first-order chi connectivity index (χ1) is 40.5. The number of allylic oxidation sites excluding steroid dienone is 19. The first-order valence-electron chi connectivity index (χ1n) is 34.4. The summed E-state index contributed by atoms with van der Waals surface area (Å²) in [5.74, 6) is -0.197. The Labute approximate surface area is 514 Å². The third-order valence-corrected chi connectivity index (χ3v) is 15.9. The van der Waals surface area contributed by atoms with Crippen LogP contribution in [0, 0.1) is 0 Å². The lowest BCUT2D eigenvalue weighted by Gasteiger charge is -2.25. The number of phosphoric acid groups is 1. The van der Waals surface area contributed by atoms with Crippen LogP contribution in [0.4, 0.5) is 0 Å². The first-order valence-corrected chi connectivity index (χ1v) is 35.9. The standard InChI is InChI=1S/C74H131N2O6P/c1-6-8-10-12-14-16-18-20-22-24-26-28-30-32-34-36-37-38-39-40-42-44-46-48-50-52-54-56-58-60-62-64-66-68-74(78)75-72(71-82-83(79,80)81-70-69-76(3,4)5)73(77)67-65-63-61-59-57-55-53-51-49-47-45-43-41-35-33-31-29-27-25-23-21-19-17-15-13-11-9-7-2/h8,10,14,16,20,22,26,28,32,34,37-38,40,42,49,51,57,59,65,67,72-73,77H,6-7,9,11-13,15,17-19,21,23-25,27,29-31,33,35-36,39,41,43-48,50,52-56,58,60-64,66,68-71H2,1-5H3,(H-,75,78,79,80)/p+1/b10-8-,16-14-,22-20-,28-26-,34-32-,38-37-,42-40-,51-49+,59-57+,67-65+. The van der Waals surface area contributed by atoms with E-state index in [1.807, 2.05) is 27.2 Å². The van der Waals surface area contributed by atoms with Gasteiger partial charge in [-0.15, -0.1) is 0 Å². The van der Waals surface area contributed by atoms with E-state index in [2.05, 4.69) is 129 Å². The van der Waals surface area contributed by atoms with Gasteiger partial charge in [0.15, 0.2) is 0 Å². The molecule has 3 N–H and O–H groups in total. The van der Waals surface area contributed by atoms with Gasteiger partial charge in [0.1, 0.15) is 13.2 Å². The number of phosphoric ester groups is 1. The average Bonchev–Trinajstić information content (AvgIpc) is 3.49. The van der Waals surface area contributed by atoms with E-state index in [9.17, 15) is 19.4 Å². The molecule has 0 aliphatic rings. The van der Waals surface area contributed by atoms with E-state index in [0.29, 0.717) is 17.4 Å². The molecule has 0 spiro atoms. The van der Waals surface area contributed by atoms with Crippen LogP contribution in [-0.4, -0.2) is 73.4 Å². The van der Waals surface area contributed by atoms with Gasteiger partial charge in [-0.1, -0.05) is 302 Å². The molecular weight excluding hydrogens is 1040 g/mol. The fourth-order valence-electron chi connectivity index (χ4n) is 9.59. The second-order valence-electron chi connectivity index (χ2n) is 24.2. The number of quaternary nitrogens is 1. The summed E-state index contributed by atoms with van der Waals surface area (Å²) >= 11 is 0. The molecule has 1 amide bonds. The fraction of sp³-hybridized carbons (Fsp3) is 0.716. The van der Waals surface area contributed by atoms with Gasteiger partial charge in [-0.3, -0.25) is 13.8 Å². The Morgan fingerprint density at radius 1 is 0.422 bits per heavy atom. The molecule has 0 aromatic carbocycles. The Morgan fingerprint density at radius 2 is 0.735 bits per heavy atom. The third-order valence-electron chi connectivity index (χ3n) is 14.9. The number of carbonyl (C=O) groups excluding carboxylic acids is 1. The number of aliphatic hydroxyl groups excluding tert-OH is 1. The Morgan fingerprint density at radius 3 is 1.11 bits per heavy atom. The van der Waals surface area contributed by atoms with Gasteiger partial charge >= 0.3 is 7.82 Å². The molecule has 0 aromatic heterocycles. The molecule has 0 aromatic rings. The Balaban J connectivity index is 4.19. The Hall–Kier alpha value is -3.10. The molecule has 9 heteroatoms. The predicted octanol–water partition coefficient (Wildman–Crippen LogP) is 22.0. The maximum absolute atomic E-state index is 13.0. The highest BCUT2D eigenvalue weighted by atomic mass is 31.2. The highest BCUT2D eigenvalue weighted by molar-refractivity contribution is 7.47. The normalized spacial score (nSPS) is 14.4. The highest BCUT2D eigenvalue weighted by Gasteiger charge is 2.28. The summed E-state index contributed by atoms with van der Waals surface area (Å²) in [6, 6.07) is -0.882. The minimum absolute atomic E-state index is 0.0476. The lowest BCUT2D eigenvalue weighted by molar-refractivity contribution is -0.870. The molecule has 0 aliphatic carbocycles. The quantitative estimate of drug-likeness (QED) is 0.0243. The third kappa shape index (κ3) is 66.3. The lowest BCUT2D eigenvalue weighted by Crippen LogP contribution is -2.45. The predicted molar refractivity (Wildman–Crippen MR) is 364 cm³/mol. The van der Waals surface area contributed by atoms with E-state index in [1.165, 1.54) is 180 Å². The maximum Gasteiger partial charge on any atom is 0.472 e. The van der Waals surface area contributed by atoms with Gasteiger partial charge in [-0.05, 0) is 103 Å². The summed E-state index contributed by atoms with van der Waals surface area (Å²) in [6.07, 6.45) is 94.8. The molecule has 83 heavy (non-hydrogen) atoms. The molecular formula is C74H132N2O6P+. The number of nitrogens with one attached hydrogen (secondary N) is 1. The van der Waals surface area contributed by atoms with E-state index in [1.54, 1.807) is 6.08 Å². The number of nitrogens with zero attached hydrogens (tertiary/aromatic N) is 1. The van der Waals surface area contributed by atoms with Crippen molar-refractivity contribution in [3.05, 3.63) is 122 Å². The van der Waals surface area contributed by atoms with Crippen molar-refractivity contribution < 1.29 is 32.9 Å². The monoisotopic (exact) mass is 1180 g/mol. The number of aliphatic hydroxyl groups is 1. The van der Waals surface area contributed by atoms with E-state index >= 15 is 0 Å². The number of likely N-dealkylation sites (N-methyl/N-ethyl adjacent to an activating group) is 1. The molecule has 478 valence electrons. The van der Waals surface area contributed by atoms with Crippen LogP contribution < -0.4 is 5.32 Å². The SMILES string of the molecule is CC/C=C\C/C=C\C/C=C\C/C=C\C/C=C\C/C=C\C/C=C\CCCCCCCCCCCCCC(=O)NC(COP(=O)(O)OCC[N+](C)(C)C)C(O)/C=C/CC/C=C/CC/C=C/CCCCCCCCCCCCCCCCCCCC. The van der Waals surface area contributed by atoms with Gasteiger partial charge in [0.05, 0.1) is 39.9 Å². The van der Waals surface area contributed by atoms with Gasteiger partial charge in [0.2, 0.25) is 5.91 Å². The van der Waals surface area contributed by atoms with Crippen molar-refractivity contribution in [3.63, 3.8) is 0 Å². The zero-order valence-electron chi connectivity index (χ0n) is 54.7. The smallest absolute Gasteiger partial charge is 0.387 e. The van der Waals surface area contributed by atoms with E-state index in [4.69, 9.17) is 9.05 Å². The topological polar surface area (TPSA) is 105 Å². The van der Waals surface area contributed by atoms with Gasteiger partial charge < -0.3 is 19.8 Å². The minimum atomic E-state index is -4.37. The number of carbonyl (C=O) groups is 1. The zero-order valence-corrected chi connectivity index (χ0v) is 55.5. The van der Waals surface area contributed by atoms with Crippen molar-refractivity contribution in [1.29, 1.82) is 0 Å². The number of amides is 1. The van der Waals surface area contributed by atoms with E-state index in [-0.39, 0.29) is 19.1 Å². The number of hydrogen-bond acceptors (Lipinski definition) is 5. The van der Waals surface area contributed by atoms with Gasteiger partial charge in [0, 0.05) is 6.42 Å². The van der Waals surface area contributed by atoms with Crippen LogP contribution >= 0.6 is 7.82 Å². The summed E-state index contributed by atoms with van der Waals surface area (Å²) in [7, 11) is 1.54. The molecule has 0 saturated heterocycles. The van der Waals surface area contributed by atoms with Gasteiger partial charge in [-0.25, -0.2) is 4.57 Å². The molecule has 0 fully saturated rings. The molecule has 3 atom stereocenters. The molecule has 0 heterocycles. The lowest BCUT2D eigenvalue weighted by atomic mass is 10.0. The number of unbranched alkanes of at least 4 members (excludes halogenated alkanes) is 31. The molecule has 0 radical (unpaired) electrons. The summed E-state index contributed by atoms with van der Waals surface area (Å²) in [5, 5.41) is 14.0. The van der Waals surface area contributed by atoms with Gasteiger partial charge in [-0.2, -0.15) is 0 Å². The van der Waals surface area contributed by atoms with Crippen molar-refractivity contribution in [3.8, 4) is 0 Å².